The number of aromatic nitrogens is 2. The Bertz CT molecular complexity index is 545. The molecule has 110 valence electrons. The van der Waals surface area contributed by atoms with Crippen LogP contribution in [-0.2, 0) is 16.1 Å². The number of rotatable bonds is 5. The molecule has 1 rings (SSSR count). The molecule has 0 unspecified atom stereocenters. The predicted octanol–water partition coefficient (Wildman–Crippen LogP) is 0.345. The number of hydrogen-bond acceptors (Lipinski definition) is 4. The van der Waals surface area contributed by atoms with Crippen molar-refractivity contribution in [2.75, 3.05) is 6.54 Å². The van der Waals surface area contributed by atoms with Gasteiger partial charge in [0.25, 0.3) is 0 Å². The lowest BCUT2D eigenvalue weighted by molar-refractivity contribution is -0.140. The smallest absolute Gasteiger partial charge is 0.347 e. The molecule has 1 N–H and O–H groups in total. The molecule has 0 saturated heterocycles. The highest BCUT2D eigenvalue weighted by molar-refractivity contribution is 5.77. The van der Waals surface area contributed by atoms with Crippen molar-refractivity contribution in [3.8, 4) is 0 Å². The first-order chi connectivity index (χ1) is 9.21. The fourth-order valence-electron chi connectivity index (χ4n) is 1.78. The topological polar surface area (TPSA) is 92.5 Å². The van der Waals surface area contributed by atoms with E-state index in [-0.39, 0.29) is 25.4 Å². The summed E-state index contributed by atoms with van der Waals surface area (Å²) in [6.45, 7) is 5.41. The second-order valence-corrected chi connectivity index (χ2v) is 5.39. The van der Waals surface area contributed by atoms with Gasteiger partial charge in [-0.3, -0.25) is 14.2 Å². The van der Waals surface area contributed by atoms with Crippen molar-refractivity contribution in [1.29, 1.82) is 0 Å². The minimum absolute atomic E-state index is 0.104. The van der Waals surface area contributed by atoms with Crippen molar-refractivity contribution < 1.29 is 14.7 Å². The van der Waals surface area contributed by atoms with Gasteiger partial charge in [0.05, 0.1) is 6.42 Å². The van der Waals surface area contributed by atoms with E-state index in [1.54, 1.807) is 6.07 Å². The van der Waals surface area contributed by atoms with Gasteiger partial charge in [-0.05, 0) is 26.8 Å². The Labute approximate surface area is 116 Å². The van der Waals surface area contributed by atoms with Crippen molar-refractivity contribution in [3.63, 3.8) is 0 Å². The van der Waals surface area contributed by atoms with Crippen molar-refractivity contribution in [2.45, 2.75) is 39.3 Å². The van der Waals surface area contributed by atoms with E-state index in [0.717, 1.165) is 0 Å². The highest BCUT2D eigenvalue weighted by Gasteiger charge is 2.26. The summed E-state index contributed by atoms with van der Waals surface area (Å²) in [6, 6.07) is 1.56. The number of aliphatic carboxylic acids is 1. The van der Waals surface area contributed by atoms with Gasteiger partial charge in [0.2, 0.25) is 5.91 Å². The van der Waals surface area contributed by atoms with Crippen LogP contribution in [0.1, 0.15) is 27.2 Å². The molecule has 1 aromatic heterocycles. The average molecular weight is 281 g/mol. The highest BCUT2D eigenvalue weighted by Crippen LogP contribution is 2.14. The number of hydrogen-bond donors (Lipinski definition) is 1. The maximum Gasteiger partial charge on any atom is 0.347 e. The van der Waals surface area contributed by atoms with Crippen LogP contribution in [0.2, 0.25) is 0 Å². The van der Waals surface area contributed by atoms with Crippen molar-refractivity contribution in [2.24, 2.45) is 0 Å². The molecule has 0 aliphatic carbocycles. The molecule has 0 radical (unpaired) electrons. The summed E-state index contributed by atoms with van der Waals surface area (Å²) in [5.41, 5.74) is -1.02. The van der Waals surface area contributed by atoms with Crippen molar-refractivity contribution in [3.05, 3.63) is 28.9 Å². The number of carbonyl (C=O) groups is 2. The van der Waals surface area contributed by atoms with Crippen LogP contribution in [0, 0.1) is 0 Å². The minimum atomic E-state index is -0.967. The van der Waals surface area contributed by atoms with Crippen LogP contribution in [0.4, 0.5) is 0 Å². The molecule has 0 aliphatic heterocycles. The molecule has 0 aromatic carbocycles. The van der Waals surface area contributed by atoms with E-state index in [2.05, 4.69) is 4.98 Å². The molecule has 20 heavy (non-hydrogen) atoms. The molecular formula is C13H19N3O4. The lowest BCUT2D eigenvalue weighted by Gasteiger charge is -2.35. The maximum atomic E-state index is 12.3. The normalized spacial score (nSPS) is 11.2. The molecule has 0 saturated carbocycles. The summed E-state index contributed by atoms with van der Waals surface area (Å²) in [5, 5.41) is 8.74. The van der Waals surface area contributed by atoms with E-state index in [9.17, 15) is 14.4 Å². The third-order valence-corrected chi connectivity index (χ3v) is 2.75. The van der Waals surface area contributed by atoms with Crippen LogP contribution in [0.5, 0.6) is 0 Å². The molecule has 0 fully saturated rings. The molecule has 7 heteroatoms. The molecular weight excluding hydrogens is 262 g/mol. The third-order valence-electron chi connectivity index (χ3n) is 2.75. The van der Waals surface area contributed by atoms with Crippen molar-refractivity contribution in [1.82, 2.24) is 14.5 Å². The summed E-state index contributed by atoms with van der Waals surface area (Å²) >= 11 is 0. The Hall–Kier alpha value is -2.18. The van der Waals surface area contributed by atoms with E-state index < -0.39 is 17.2 Å². The summed E-state index contributed by atoms with van der Waals surface area (Å²) < 4.78 is 1.20. The molecule has 0 aliphatic rings. The Morgan fingerprint density at radius 3 is 2.55 bits per heavy atom. The SMILES string of the molecule is CC(C)(C)N(CCC(=O)O)C(=O)Cn1cccnc1=O. The lowest BCUT2D eigenvalue weighted by Crippen LogP contribution is -2.48. The van der Waals surface area contributed by atoms with Gasteiger partial charge in [-0.1, -0.05) is 0 Å². The Morgan fingerprint density at radius 1 is 1.40 bits per heavy atom. The number of amides is 1. The zero-order chi connectivity index (χ0) is 15.3. The van der Waals surface area contributed by atoms with Gasteiger partial charge in [-0.25, -0.2) is 9.78 Å². The fourth-order valence-corrected chi connectivity index (χ4v) is 1.78. The largest absolute Gasteiger partial charge is 0.481 e. The lowest BCUT2D eigenvalue weighted by atomic mass is 10.1. The first-order valence-corrected chi connectivity index (χ1v) is 6.25. The minimum Gasteiger partial charge on any atom is -0.481 e. The van der Waals surface area contributed by atoms with Gasteiger partial charge >= 0.3 is 11.7 Å². The average Bonchev–Trinajstić information content (AvgIpc) is 2.30. The Kier molecular flexibility index (Phi) is 5.01. The monoisotopic (exact) mass is 281 g/mol. The van der Waals surface area contributed by atoms with Gasteiger partial charge in [0, 0.05) is 24.5 Å². The van der Waals surface area contributed by atoms with Crippen molar-refractivity contribution >= 4 is 11.9 Å². The van der Waals surface area contributed by atoms with Gasteiger partial charge in [0.15, 0.2) is 0 Å². The molecule has 0 atom stereocenters. The maximum absolute atomic E-state index is 12.3. The van der Waals surface area contributed by atoms with Crippen LogP contribution in [0.25, 0.3) is 0 Å². The zero-order valence-corrected chi connectivity index (χ0v) is 11.9. The van der Waals surface area contributed by atoms with Gasteiger partial charge in [-0.15, -0.1) is 0 Å². The first-order valence-electron chi connectivity index (χ1n) is 6.25. The summed E-state index contributed by atoms with van der Waals surface area (Å²) in [5.74, 6) is -1.28. The third kappa shape index (κ3) is 4.49. The van der Waals surface area contributed by atoms with E-state index in [1.807, 2.05) is 20.8 Å². The van der Waals surface area contributed by atoms with Crippen LogP contribution < -0.4 is 5.69 Å². The van der Waals surface area contributed by atoms with Crippen LogP contribution in [-0.4, -0.2) is 43.5 Å². The Morgan fingerprint density at radius 2 is 2.05 bits per heavy atom. The predicted molar refractivity (Wildman–Crippen MR) is 72.2 cm³/mol. The zero-order valence-electron chi connectivity index (χ0n) is 11.9. The number of carboxylic acids is 1. The van der Waals surface area contributed by atoms with E-state index in [0.29, 0.717) is 0 Å². The van der Waals surface area contributed by atoms with Crippen LogP contribution in [0.15, 0.2) is 23.3 Å². The number of carbonyl (C=O) groups excluding carboxylic acids is 1. The summed E-state index contributed by atoms with van der Waals surface area (Å²) in [7, 11) is 0. The summed E-state index contributed by atoms with van der Waals surface area (Å²) in [6.07, 6.45) is 2.70. The first kappa shape index (κ1) is 15.9. The summed E-state index contributed by atoms with van der Waals surface area (Å²) in [4.78, 5) is 39.4. The highest BCUT2D eigenvalue weighted by atomic mass is 16.4. The second kappa shape index (κ2) is 6.31. The quantitative estimate of drug-likeness (QED) is 0.840. The molecule has 0 spiro atoms. The van der Waals surface area contributed by atoms with E-state index >= 15 is 0 Å². The van der Waals surface area contributed by atoms with Crippen LogP contribution >= 0.6 is 0 Å². The molecule has 1 heterocycles. The van der Waals surface area contributed by atoms with Gasteiger partial charge in [-0.2, -0.15) is 0 Å². The van der Waals surface area contributed by atoms with Gasteiger partial charge in [0.1, 0.15) is 6.54 Å². The second-order valence-electron chi connectivity index (χ2n) is 5.39. The molecule has 1 amide bonds. The molecule has 0 bridgehead atoms. The van der Waals surface area contributed by atoms with E-state index in [1.165, 1.54) is 21.9 Å². The molecule has 7 nitrogen and oxygen atoms in total. The molecule has 1 aromatic rings. The standard InChI is InChI=1S/C13H19N3O4/c1-13(2,3)16(8-5-11(18)19)10(17)9-15-7-4-6-14-12(15)20/h4,6-7H,5,8-9H2,1-3H3,(H,18,19). The van der Waals surface area contributed by atoms with Gasteiger partial charge < -0.3 is 10.0 Å². The number of carboxylic acid groups (broad SMARTS) is 1. The fraction of sp³-hybridized carbons (Fsp3) is 0.538. The Balaban J connectivity index is 2.86. The number of nitrogens with zero attached hydrogens (tertiary/aromatic N) is 3. The van der Waals surface area contributed by atoms with E-state index in [4.69, 9.17) is 5.11 Å². The van der Waals surface area contributed by atoms with Crippen LogP contribution in [0.3, 0.4) is 0 Å².